The number of hydrogen-bond acceptors (Lipinski definition) is 2. The van der Waals surface area contributed by atoms with Crippen LogP contribution >= 0.6 is 0 Å². The zero-order valence-electron chi connectivity index (χ0n) is 13.4. The minimum atomic E-state index is -3.40. The molecule has 0 amide bonds. The minimum absolute atomic E-state index is 0.0316. The fraction of sp³-hybridized carbons (Fsp3) is 0.632. The Hall–Kier alpha value is -1.45. The first kappa shape index (κ1) is 13.9. The number of rotatable bonds is 3. The molecule has 0 saturated heterocycles. The second-order valence-corrected chi connectivity index (χ2v) is 8.30. The third-order valence-electron chi connectivity index (χ3n) is 7.43. The van der Waals surface area contributed by atoms with Crippen molar-refractivity contribution in [3.05, 3.63) is 35.4 Å². The van der Waals surface area contributed by atoms with E-state index in [9.17, 15) is 13.6 Å². The predicted molar refractivity (Wildman–Crippen MR) is 80.2 cm³/mol. The van der Waals surface area contributed by atoms with Crippen LogP contribution in [0.4, 0.5) is 8.78 Å². The molecule has 2 atom stereocenters. The van der Waals surface area contributed by atoms with Crippen LogP contribution in [0.25, 0.3) is 0 Å². The molecule has 0 radical (unpaired) electrons. The van der Waals surface area contributed by atoms with Gasteiger partial charge in [0.25, 0.3) is 0 Å². The highest BCUT2D eigenvalue weighted by atomic mass is 19.3. The first-order chi connectivity index (χ1) is 10.8. The third-order valence-corrected chi connectivity index (χ3v) is 7.43. The third kappa shape index (κ3) is 1.24. The van der Waals surface area contributed by atoms with Crippen LogP contribution in [0.1, 0.15) is 43.7 Å². The molecule has 4 saturated carbocycles. The Morgan fingerprint density at radius 2 is 1.70 bits per heavy atom. The summed E-state index contributed by atoms with van der Waals surface area (Å²) in [5.41, 5.74) is 1.95. The molecule has 1 aromatic carbocycles. The van der Waals surface area contributed by atoms with Crippen LogP contribution in [0, 0.1) is 24.2 Å². The van der Waals surface area contributed by atoms with E-state index in [0.29, 0.717) is 18.8 Å². The van der Waals surface area contributed by atoms with Gasteiger partial charge in [0.2, 0.25) is 0 Å². The fourth-order valence-corrected chi connectivity index (χ4v) is 6.82. The smallest absolute Gasteiger partial charge is 0.377 e. The topological polar surface area (TPSA) is 26.3 Å². The van der Waals surface area contributed by atoms with Gasteiger partial charge >= 0.3 is 11.9 Å². The van der Waals surface area contributed by atoms with Crippen LogP contribution in [-0.4, -0.2) is 17.5 Å². The summed E-state index contributed by atoms with van der Waals surface area (Å²) in [6.45, 7) is 2.69. The van der Waals surface area contributed by atoms with Crippen molar-refractivity contribution in [2.45, 2.75) is 56.5 Å². The number of esters is 1. The van der Waals surface area contributed by atoms with E-state index in [-0.39, 0.29) is 10.8 Å². The summed E-state index contributed by atoms with van der Waals surface area (Å²) in [6.07, 6.45) is 3.79. The zero-order valence-corrected chi connectivity index (χ0v) is 13.4. The lowest BCUT2D eigenvalue weighted by Crippen LogP contribution is -2.95. The molecule has 2 nitrogen and oxygen atoms in total. The standard InChI is InChI=1S/C19H20F2O2/c1-11-3-5-12(6-4-11)17-7-13-9-18(23-15(22)16(2,20)21)10-14(8-17)19(13,17)18/h3-6,13-14H,7-10H2,1-2H3. The van der Waals surface area contributed by atoms with Crippen LogP contribution in [0.5, 0.6) is 0 Å². The average molecular weight is 318 g/mol. The van der Waals surface area contributed by atoms with Crippen molar-refractivity contribution in [3.8, 4) is 0 Å². The Morgan fingerprint density at radius 3 is 2.17 bits per heavy atom. The fourth-order valence-electron chi connectivity index (χ4n) is 6.82. The summed E-state index contributed by atoms with van der Waals surface area (Å²) >= 11 is 0. The maximum atomic E-state index is 13.3. The van der Waals surface area contributed by atoms with E-state index in [1.54, 1.807) is 0 Å². The summed E-state index contributed by atoms with van der Waals surface area (Å²) in [5.74, 6) is -3.65. The zero-order chi connectivity index (χ0) is 16.3. The molecule has 2 unspecified atom stereocenters. The van der Waals surface area contributed by atoms with Gasteiger partial charge < -0.3 is 4.74 Å². The van der Waals surface area contributed by atoms with Crippen molar-refractivity contribution in [3.63, 3.8) is 0 Å². The predicted octanol–water partition coefficient (Wildman–Crippen LogP) is 4.00. The minimum Gasteiger partial charge on any atom is -0.454 e. The Balaban J connectivity index is 1.49. The molecule has 0 heterocycles. The second-order valence-electron chi connectivity index (χ2n) is 8.30. The first-order valence-corrected chi connectivity index (χ1v) is 8.44. The van der Waals surface area contributed by atoms with Crippen molar-refractivity contribution >= 4 is 5.97 Å². The van der Waals surface area contributed by atoms with E-state index in [2.05, 4.69) is 31.2 Å². The van der Waals surface area contributed by atoms with Crippen molar-refractivity contribution in [2.24, 2.45) is 17.3 Å². The molecule has 122 valence electrons. The van der Waals surface area contributed by atoms with Gasteiger partial charge in [0.05, 0.1) is 0 Å². The highest BCUT2D eigenvalue weighted by Crippen LogP contribution is 2.94. The molecule has 1 aromatic rings. The molecule has 0 aliphatic heterocycles. The van der Waals surface area contributed by atoms with E-state index < -0.39 is 17.5 Å². The van der Waals surface area contributed by atoms with E-state index in [0.717, 1.165) is 25.7 Å². The largest absolute Gasteiger partial charge is 0.454 e. The monoisotopic (exact) mass is 318 g/mol. The number of ether oxygens (including phenoxy) is 1. The summed E-state index contributed by atoms with van der Waals surface area (Å²) in [7, 11) is 0. The summed E-state index contributed by atoms with van der Waals surface area (Å²) in [6, 6.07) is 8.58. The first-order valence-electron chi connectivity index (χ1n) is 8.44. The molecular weight excluding hydrogens is 298 g/mol. The molecule has 0 aromatic heterocycles. The van der Waals surface area contributed by atoms with Gasteiger partial charge in [0.15, 0.2) is 0 Å². The Labute approximate surface area is 134 Å². The number of carbonyl (C=O) groups excluding carboxylic acids is 1. The van der Waals surface area contributed by atoms with E-state index in [4.69, 9.17) is 4.74 Å². The molecule has 1 spiro atoms. The van der Waals surface area contributed by atoms with Gasteiger partial charge in [-0.1, -0.05) is 29.8 Å². The lowest BCUT2D eigenvalue weighted by molar-refractivity contribution is -0.463. The van der Waals surface area contributed by atoms with Gasteiger partial charge in [-0.05, 0) is 50.0 Å². The highest BCUT2D eigenvalue weighted by Gasteiger charge is 2.95. The van der Waals surface area contributed by atoms with Crippen LogP contribution in [0.15, 0.2) is 24.3 Å². The Kier molecular flexibility index (Phi) is 2.20. The molecular formula is C19H20F2O2. The molecule has 23 heavy (non-hydrogen) atoms. The Morgan fingerprint density at radius 1 is 1.13 bits per heavy atom. The van der Waals surface area contributed by atoms with Crippen molar-refractivity contribution in [1.29, 1.82) is 0 Å². The van der Waals surface area contributed by atoms with Crippen LogP contribution in [0.2, 0.25) is 0 Å². The van der Waals surface area contributed by atoms with Gasteiger partial charge in [-0.25, -0.2) is 4.79 Å². The number of hydrogen-bond donors (Lipinski definition) is 0. The number of benzene rings is 1. The molecule has 5 rings (SSSR count). The van der Waals surface area contributed by atoms with Crippen LogP contribution in [-0.2, 0) is 14.9 Å². The summed E-state index contributed by atoms with van der Waals surface area (Å²) in [4.78, 5) is 11.8. The highest BCUT2D eigenvalue weighted by molar-refractivity contribution is 5.78. The maximum Gasteiger partial charge on any atom is 0.377 e. The second kappa shape index (κ2) is 3.62. The van der Waals surface area contributed by atoms with E-state index in [1.165, 1.54) is 11.1 Å². The normalized spacial score (nSPS) is 45.4. The lowest BCUT2D eigenvalue weighted by Gasteiger charge is -2.94. The maximum absolute atomic E-state index is 13.3. The van der Waals surface area contributed by atoms with E-state index >= 15 is 0 Å². The molecule has 4 fully saturated rings. The van der Waals surface area contributed by atoms with Gasteiger partial charge in [-0.15, -0.1) is 0 Å². The summed E-state index contributed by atoms with van der Waals surface area (Å²) in [5, 5.41) is 0. The number of aryl methyl sites for hydroxylation is 1. The Bertz CT molecular complexity index is 700. The number of alkyl halides is 2. The van der Waals surface area contributed by atoms with Crippen LogP contribution < -0.4 is 0 Å². The summed E-state index contributed by atoms with van der Waals surface area (Å²) < 4.78 is 32.0. The van der Waals surface area contributed by atoms with Gasteiger partial charge in [0, 0.05) is 17.8 Å². The molecule has 0 bridgehead atoms. The number of carbonyl (C=O) groups is 1. The molecule has 4 aliphatic carbocycles. The molecule has 0 N–H and O–H groups in total. The quantitative estimate of drug-likeness (QED) is 0.787. The lowest BCUT2D eigenvalue weighted by atomic mass is 9.11. The number of halogens is 2. The average Bonchev–Trinajstić information content (AvgIpc) is 2.39. The van der Waals surface area contributed by atoms with E-state index in [1.807, 2.05) is 0 Å². The van der Waals surface area contributed by atoms with Crippen LogP contribution in [0.3, 0.4) is 0 Å². The SMILES string of the molecule is Cc1ccc(C23CC4CC5(OC(=O)C(C)(F)F)CC(C2)C453)cc1. The van der Waals surface area contributed by atoms with Crippen molar-refractivity contribution < 1.29 is 18.3 Å². The molecule has 4 aliphatic rings. The van der Waals surface area contributed by atoms with Crippen molar-refractivity contribution in [1.82, 2.24) is 0 Å². The van der Waals surface area contributed by atoms with Gasteiger partial charge in [-0.2, -0.15) is 8.78 Å². The van der Waals surface area contributed by atoms with Gasteiger partial charge in [-0.3, -0.25) is 0 Å². The van der Waals surface area contributed by atoms with Crippen molar-refractivity contribution in [2.75, 3.05) is 0 Å². The van der Waals surface area contributed by atoms with Gasteiger partial charge in [0.1, 0.15) is 5.60 Å². The molecule has 4 heteroatoms.